The first-order valence-corrected chi connectivity index (χ1v) is 5.68. The molecular formula is C13H21NO3. The van der Waals surface area contributed by atoms with E-state index in [0.29, 0.717) is 5.56 Å². The predicted molar refractivity (Wildman–Crippen MR) is 66.7 cm³/mol. The summed E-state index contributed by atoms with van der Waals surface area (Å²) in [7, 11) is 0. The van der Waals surface area contributed by atoms with E-state index in [1.807, 2.05) is 20.8 Å². The second-order valence-corrected chi connectivity index (χ2v) is 5.18. The number of aliphatic hydroxyl groups excluding tert-OH is 2. The van der Waals surface area contributed by atoms with Gasteiger partial charge in [-0.15, -0.1) is 0 Å². The summed E-state index contributed by atoms with van der Waals surface area (Å²) >= 11 is 0. The monoisotopic (exact) mass is 239 g/mol. The molecule has 0 bridgehead atoms. The third-order valence-corrected chi connectivity index (χ3v) is 2.47. The summed E-state index contributed by atoms with van der Waals surface area (Å²) in [4.78, 5) is 0. The van der Waals surface area contributed by atoms with Crippen LogP contribution in [-0.4, -0.2) is 27.5 Å². The Labute approximate surface area is 102 Å². The molecule has 1 aromatic carbocycles. The van der Waals surface area contributed by atoms with Gasteiger partial charge in [0, 0.05) is 11.1 Å². The lowest BCUT2D eigenvalue weighted by molar-refractivity contribution is 0.216. The molecule has 0 spiro atoms. The van der Waals surface area contributed by atoms with Crippen LogP contribution in [0.15, 0.2) is 18.2 Å². The molecule has 0 radical (unpaired) electrons. The molecule has 0 aliphatic heterocycles. The zero-order chi connectivity index (χ0) is 13.1. The van der Waals surface area contributed by atoms with E-state index < -0.39 is 0 Å². The first-order valence-electron chi connectivity index (χ1n) is 5.68. The number of benzene rings is 1. The van der Waals surface area contributed by atoms with Gasteiger partial charge in [0.05, 0.1) is 19.3 Å². The molecule has 0 aromatic heterocycles. The fourth-order valence-electron chi connectivity index (χ4n) is 1.71. The lowest BCUT2D eigenvalue weighted by Crippen LogP contribution is -2.40. The highest BCUT2D eigenvalue weighted by atomic mass is 16.3. The van der Waals surface area contributed by atoms with Crippen LogP contribution in [0.4, 0.5) is 0 Å². The van der Waals surface area contributed by atoms with Crippen LogP contribution < -0.4 is 5.32 Å². The van der Waals surface area contributed by atoms with Crippen molar-refractivity contribution in [2.45, 2.75) is 39.0 Å². The van der Waals surface area contributed by atoms with Crippen molar-refractivity contribution in [1.29, 1.82) is 0 Å². The highest BCUT2D eigenvalue weighted by molar-refractivity contribution is 5.37. The van der Waals surface area contributed by atoms with Crippen molar-refractivity contribution in [3.8, 4) is 5.75 Å². The number of nitrogens with one attached hydrogen (secondary N) is 1. The second kappa shape index (κ2) is 5.49. The van der Waals surface area contributed by atoms with Crippen molar-refractivity contribution in [3.05, 3.63) is 29.3 Å². The molecule has 0 fully saturated rings. The van der Waals surface area contributed by atoms with Gasteiger partial charge in [0.1, 0.15) is 5.75 Å². The molecule has 4 N–H and O–H groups in total. The molecule has 96 valence electrons. The molecule has 1 rings (SSSR count). The molecule has 0 amide bonds. The van der Waals surface area contributed by atoms with Crippen LogP contribution in [0.3, 0.4) is 0 Å². The smallest absolute Gasteiger partial charge is 0.121 e. The summed E-state index contributed by atoms with van der Waals surface area (Å²) in [5, 5.41) is 31.2. The lowest BCUT2D eigenvalue weighted by Gasteiger charge is -2.28. The molecule has 1 unspecified atom stereocenters. The summed E-state index contributed by atoms with van der Waals surface area (Å²) in [5.74, 6) is 0.0729. The molecule has 0 saturated carbocycles. The Kier molecular flexibility index (Phi) is 4.51. The van der Waals surface area contributed by atoms with Gasteiger partial charge in [0.15, 0.2) is 0 Å². The third kappa shape index (κ3) is 4.00. The number of hydrogen-bond donors (Lipinski definition) is 4. The van der Waals surface area contributed by atoms with Crippen molar-refractivity contribution in [2.24, 2.45) is 0 Å². The van der Waals surface area contributed by atoms with E-state index in [4.69, 9.17) is 5.11 Å². The molecule has 0 aliphatic rings. The highest BCUT2D eigenvalue weighted by Gasteiger charge is 2.18. The Bertz CT molecular complexity index is 371. The van der Waals surface area contributed by atoms with Crippen LogP contribution in [0.2, 0.25) is 0 Å². The Morgan fingerprint density at radius 2 is 1.88 bits per heavy atom. The third-order valence-electron chi connectivity index (χ3n) is 2.47. The summed E-state index contributed by atoms with van der Waals surface area (Å²) in [6, 6.07) is 4.78. The van der Waals surface area contributed by atoms with Crippen molar-refractivity contribution in [2.75, 3.05) is 6.61 Å². The Balaban J connectivity index is 2.96. The normalized spacial score (nSPS) is 13.7. The van der Waals surface area contributed by atoms with Gasteiger partial charge in [-0.25, -0.2) is 0 Å². The molecule has 17 heavy (non-hydrogen) atoms. The van der Waals surface area contributed by atoms with E-state index in [2.05, 4.69) is 5.32 Å². The second-order valence-electron chi connectivity index (χ2n) is 5.18. The van der Waals surface area contributed by atoms with Gasteiger partial charge in [-0.05, 0) is 38.5 Å². The number of phenols is 1. The van der Waals surface area contributed by atoms with Crippen LogP contribution in [0.1, 0.15) is 37.9 Å². The minimum absolute atomic E-state index is 0.0348. The summed E-state index contributed by atoms with van der Waals surface area (Å²) in [6.07, 6.45) is 0. The maximum Gasteiger partial charge on any atom is 0.121 e. The highest BCUT2D eigenvalue weighted by Crippen LogP contribution is 2.23. The minimum Gasteiger partial charge on any atom is -0.508 e. The molecule has 0 heterocycles. The van der Waals surface area contributed by atoms with Gasteiger partial charge in [0.2, 0.25) is 0 Å². The van der Waals surface area contributed by atoms with Crippen LogP contribution in [0.5, 0.6) is 5.75 Å². The van der Waals surface area contributed by atoms with Crippen LogP contribution in [0.25, 0.3) is 0 Å². The van der Waals surface area contributed by atoms with Crippen LogP contribution >= 0.6 is 0 Å². The molecular weight excluding hydrogens is 218 g/mol. The molecule has 0 aliphatic carbocycles. The molecule has 1 aromatic rings. The van der Waals surface area contributed by atoms with Crippen molar-refractivity contribution < 1.29 is 15.3 Å². The summed E-state index contributed by atoms with van der Waals surface area (Å²) in [6.45, 7) is 5.80. The Hall–Kier alpha value is -1.10. The minimum atomic E-state index is -0.215. The fraction of sp³-hybridized carbons (Fsp3) is 0.538. The van der Waals surface area contributed by atoms with Crippen molar-refractivity contribution in [1.82, 2.24) is 5.32 Å². The average Bonchev–Trinajstić information content (AvgIpc) is 2.25. The lowest BCUT2D eigenvalue weighted by atomic mass is 10.00. The zero-order valence-corrected chi connectivity index (χ0v) is 10.6. The SMILES string of the molecule is CC(C)(C)NC(CO)c1ccc(O)c(CO)c1. The summed E-state index contributed by atoms with van der Waals surface area (Å²) in [5.41, 5.74) is 1.20. The molecule has 0 saturated heterocycles. The first kappa shape index (κ1) is 14.0. The maximum atomic E-state index is 9.48. The van der Waals surface area contributed by atoms with Crippen molar-refractivity contribution >= 4 is 0 Å². The first-order chi connectivity index (χ1) is 7.87. The van der Waals surface area contributed by atoms with Crippen molar-refractivity contribution in [3.63, 3.8) is 0 Å². The molecule has 1 atom stereocenters. The number of hydrogen-bond acceptors (Lipinski definition) is 4. The van der Waals surface area contributed by atoms with E-state index in [1.54, 1.807) is 12.1 Å². The quantitative estimate of drug-likeness (QED) is 0.639. The topological polar surface area (TPSA) is 72.7 Å². The van der Waals surface area contributed by atoms with Gasteiger partial charge in [0.25, 0.3) is 0 Å². The van der Waals surface area contributed by atoms with Gasteiger partial charge < -0.3 is 20.6 Å². The number of aromatic hydroxyl groups is 1. The number of rotatable bonds is 4. The maximum absolute atomic E-state index is 9.48. The Morgan fingerprint density at radius 1 is 1.24 bits per heavy atom. The standard InChI is InChI=1S/C13H21NO3/c1-13(2,3)14-11(8-16)9-4-5-12(17)10(6-9)7-15/h4-6,11,14-17H,7-8H2,1-3H3. The fourth-order valence-corrected chi connectivity index (χ4v) is 1.71. The zero-order valence-electron chi connectivity index (χ0n) is 10.6. The largest absolute Gasteiger partial charge is 0.508 e. The van der Waals surface area contributed by atoms with Gasteiger partial charge >= 0.3 is 0 Å². The summed E-state index contributed by atoms with van der Waals surface area (Å²) < 4.78 is 0. The van der Waals surface area contributed by atoms with E-state index >= 15 is 0 Å². The number of aliphatic hydroxyl groups is 2. The van der Waals surface area contributed by atoms with E-state index in [1.165, 1.54) is 6.07 Å². The van der Waals surface area contributed by atoms with Gasteiger partial charge in [-0.3, -0.25) is 0 Å². The van der Waals surface area contributed by atoms with Crippen LogP contribution in [-0.2, 0) is 6.61 Å². The predicted octanol–water partition coefficient (Wildman–Crippen LogP) is 1.31. The Morgan fingerprint density at radius 3 is 2.35 bits per heavy atom. The van der Waals surface area contributed by atoms with E-state index in [0.717, 1.165) is 5.56 Å². The van der Waals surface area contributed by atoms with Crippen LogP contribution in [0, 0.1) is 0 Å². The van der Waals surface area contributed by atoms with E-state index in [-0.39, 0.29) is 30.5 Å². The van der Waals surface area contributed by atoms with Gasteiger partial charge in [-0.1, -0.05) is 6.07 Å². The van der Waals surface area contributed by atoms with Gasteiger partial charge in [-0.2, -0.15) is 0 Å². The van der Waals surface area contributed by atoms with E-state index in [9.17, 15) is 10.2 Å². The molecule has 4 nitrogen and oxygen atoms in total. The molecule has 4 heteroatoms. The average molecular weight is 239 g/mol.